The van der Waals surface area contributed by atoms with Crippen molar-refractivity contribution in [1.82, 2.24) is 5.32 Å². The molecule has 1 rings (SSSR count). The normalized spacial score (nSPS) is 28.9. The van der Waals surface area contributed by atoms with E-state index in [1.54, 1.807) is 0 Å². The Morgan fingerprint density at radius 1 is 1.42 bits per heavy atom. The first-order chi connectivity index (χ1) is 9.01. The van der Waals surface area contributed by atoms with Crippen molar-refractivity contribution in [3.8, 4) is 0 Å². The Labute approximate surface area is 117 Å². The Morgan fingerprint density at radius 3 is 2.58 bits per heavy atom. The van der Waals surface area contributed by atoms with Crippen LogP contribution in [0.15, 0.2) is 0 Å². The lowest BCUT2D eigenvalue weighted by molar-refractivity contribution is -0.124. The van der Waals surface area contributed by atoms with Crippen LogP contribution in [0.5, 0.6) is 0 Å². The molecule has 112 valence electrons. The molecule has 1 amide bonds. The highest BCUT2D eigenvalue weighted by molar-refractivity contribution is 5.76. The fraction of sp³-hybridized carbons (Fsp3) is 0.933. The van der Waals surface area contributed by atoms with Crippen LogP contribution < -0.4 is 11.1 Å². The summed E-state index contributed by atoms with van der Waals surface area (Å²) in [5, 5.41) is 12.7. The van der Waals surface area contributed by atoms with Gasteiger partial charge in [-0.05, 0) is 56.9 Å². The third-order valence-electron chi connectivity index (χ3n) is 4.46. The highest BCUT2D eigenvalue weighted by atomic mass is 16.3. The average molecular weight is 270 g/mol. The van der Waals surface area contributed by atoms with Crippen molar-refractivity contribution in [2.45, 2.75) is 64.3 Å². The molecular formula is C15H30N2O2. The zero-order valence-electron chi connectivity index (χ0n) is 12.5. The van der Waals surface area contributed by atoms with Gasteiger partial charge in [0.25, 0.3) is 0 Å². The lowest BCUT2D eigenvalue weighted by Crippen LogP contribution is -2.53. The Hall–Kier alpha value is -0.610. The van der Waals surface area contributed by atoms with E-state index in [-0.39, 0.29) is 18.1 Å². The van der Waals surface area contributed by atoms with Crippen LogP contribution in [0.25, 0.3) is 0 Å². The minimum atomic E-state index is -0.360. The molecule has 4 N–H and O–H groups in total. The van der Waals surface area contributed by atoms with Crippen LogP contribution in [-0.2, 0) is 4.79 Å². The Kier molecular flexibility index (Phi) is 6.80. The number of aliphatic hydroxyl groups is 1. The van der Waals surface area contributed by atoms with Gasteiger partial charge in [0.05, 0.1) is 12.1 Å². The molecule has 4 heteroatoms. The monoisotopic (exact) mass is 270 g/mol. The third kappa shape index (κ3) is 5.49. The molecule has 19 heavy (non-hydrogen) atoms. The van der Waals surface area contributed by atoms with Crippen molar-refractivity contribution >= 4 is 5.91 Å². The number of hydrogen-bond acceptors (Lipinski definition) is 3. The smallest absolute Gasteiger partial charge is 0.220 e. The molecule has 0 aromatic rings. The Bertz CT molecular complexity index is 273. The summed E-state index contributed by atoms with van der Waals surface area (Å²) in [5.41, 5.74) is 5.15. The van der Waals surface area contributed by atoms with E-state index >= 15 is 0 Å². The minimum Gasteiger partial charge on any atom is -0.394 e. The highest BCUT2D eigenvalue weighted by Gasteiger charge is 2.34. The molecule has 1 saturated carbocycles. The van der Waals surface area contributed by atoms with Crippen LogP contribution in [0.2, 0.25) is 0 Å². The van der Waals surface area contributed by atoms with Crippen molar-refractivity contribution in [1.29, 1.82) is 0 Å². The summed E-state index contributed by atoms with van der Waals surface area (Å²) >= 11 is 0. The molecule has 1 fully saturated rings. The van der Waals surface area contributed by atoms with E-state index in [0.29, 0.717) is 24.8 Å². The average Bonchev–Trinajstić information content (AvgIpc) is 2.40. The summed E-state index contributed by atoms with van der Waals surface area (Å²) in [7, 11) is 0. The first-order valence-corrected chi connectivity index (χ1v) is 7.63. The number of nitrogens with two attached hydrogens (primary N) is 1. The van der Waals surface area contributed by atoms with Gasteiger partial charge in [-0.1, -0.05) is 13.8 Å². The summed E-state index contributed by atoms with van der Waals surface area (Å²) in [5.74, 6) is 1.28. The predicted octanol–water partition coefficient (Wildman–Crippen LogP) is 1.81. The molecule has 1 unspecified atom stereocenters. The summed E-state index contributed by atoms with van der Waals surface area (Å²) in [6.07, 6.45) is 6.35. The summed E-state index contributed by atoms with van der Waals surface area (Å²) in [4.78, 5) is 12.0. The van der Waals surface area contributed by atoms with Crippen LogP contribution in [-0.4, -0.2) is 29.7 Å². The van der Waals surface area contributed by atoms with Gasteiger partial charge in [0, 0.05) is 6.42 Å². The van der Waals surface area contributed by atoms with Crippen molar-refractivity contribution in [2.24, 2.45) is 17.6 Å². The molecule has 0 saturated heterocycles. The SMILES string of the molecule is CC(CCN)CCC(=O)NC1(CO)CCC(C)CC1. The second kappa shape index (κ2) is 7.85. The van der Waals surface area contributed by atoms with Crippen molar-refractivity contribution in [3.05, 3.63) is 0 Å². The van der Waals surface area contributed by atoms with E-state index in [1.807, 2.05) is 0 Å². The summed E-state index contributed by atoms with van der Waals surface area (Å²) in [6, 6.07) is 0. The number of carbonyl (C=O) groups is 1. The maximum absolute atomic E-state index is 12.0. The Balaban J connectivity index is 2.36. The maximum atomic E-state index is 12.0. The fourth-order valence-corrected chi connectivity index (χ4v) is 2.80. The first kappa shape index (κ1) is 16.4. The molecular weight excluding hydrogens is 240 g/mol. The second-order valence-electron chi connectivity index (χ2n) is 6.39. The molecule has 0 aromatic heterocycles. The second-order valence-corrected chi connectivity index (χ2v) is 6.39. The van der Waals surface area contributed by atoms with Crippen LogP contribution in [0.4, 0.5) is 0 Å². The highest BCUT2D eigenvalue weighted by Crippen LogP contribution is 2.31. The largest absolute Gasteiger partial charge is 0.394 e. The zero-order valence-corrected chi connectivity index (χ0v) is 12.5. The van der Waals surface area contributed by atoms with Crippen LogP contribution >= 0.6 is 0 Å². The van der Waals surface area contributed by atoms with Crippen LogP contribution in [0.3, 0.4) is 0 Å². The third-order valence-corrected chi connectivity index (χ3v) is 4.46. The molecule has 4 nitrogen and oxygen atoms in total. The van der Waals surface area contributed by atoms with Gasteiger partial charge in [0.1, 0.15) is 0 Å². The van der Waals surface area contributed by atoms with Gasteiger partial charge in [-0.15, -0.1) is 0 Å². The lowest BCUT2D eigenvalue weighted by atomic mass is 9.77. The fourth-order valence-electron chi connectivity index (χ4n) is 2.80. The lowest BCUT2D eigenvalue weighted by Gasteiger charge is -2.38. The van der Waals surface area contributed by atoms with Gasteiger partial charge < -0.3 is 16.2 Å². The molecule has 0 bridgehead atoms. The molecule has 0 radical (unpaired) electrons. The number of carbonyl (C=O) groups excluding carboxylic acids is 1. The number of amides is 1. The minimum absolute atomic E-state index is 0.0593. The van der Waals surface area contributed by atoms with Gasteiger partial charge in [-0.25, -0.2) is 0 Å². The van der Waals surface area contributed by atoms with E-state index in [0.717, 1.165) is 38.5 Å². The van der Waals surface area contributed by atoms with Crippen molar-refractivity contribution in [2.75, 3.05) is 13.2 Å². The van der Waals surface area contributed by atoms with E-state index in [1.165, 1.54) is 0 Å². The Morgan fingerprint density at radius 2 is 2.05 bits per heavy atom. The quantitative estimate of drug-likeness (QED) is 0.660. The van der Waals surface area contributed by atoms with E-state index < -0.39 is 0 Å². The molecule has 1 atom stereocenters. The van der Waals surface area contributed by atoms with Crippen molar-refractivity contribution < 1.29 is 9.90 Å². The predicted molar refractivity (Wildman–Crippen MR) is 77.7 cm³/mol. The first-order valence-electron chi connectivity index (χ1n) is 7.63. The van der Waals surface area contributed by atoms with Gasteiger partial charge in [-0.2, -0.15) is 0 Å². The van der Waals surface area contributed by atoms with E-state index in [9.17, 15) is 9.90 Å². The molecule has 1 aliphatic carbocycles. The van der Waals surface area contributed by atoms with Crippen LogP contribution in [0.1, 0.15) is 58.8 Å². The standard InChI is InChI=1S/C15H30N2O2/c1-12(7-10-16)3-4-14(19)17-15(11-18)8-5-13(2)6-9-15/h12-13,18H,3-11,16H2,1-2H3,(H,17,19). The number of aliphatic hydroxyl groups excluding tert-OH is 1. The van der Waals surface area contributed by atoms with E-state index in [4.69, 9.17) is 5.73 Å². The summed E-state index contributed by atoms with van der Waals surface area (Å²) in [6.45, 7) is 5.10. The molecule has 0 aliphatic heterocycles. The number of hydrogen-bond donors (Lipinski definition) is 3. The summed E-state index contributed by atoms with van der Waals surface area (Å²) < 4.78 is 0. The maximum Gasteiger partial charge on any atom is 0.220 e. The molecule has 0 spiro atoms. The molecule has 0 aromatic carbocycles. The molecule has 0 heterocycles. The van der Waals surface area contributed by atoms with Crippen LogP contribution in [0, 0.1) is 11.8 Å². The van der Waals surface area contributed by atoms with Gasteiger partial charge in [0.2, 0.25) is 5.91 Å². The topological polar surface area (TPSA) is 75.4 Å². The number of nitrogens with one attached hydrogen (secondary N) is 1. The zero-order chi connectivity index (χ0) is 14.3. The van der Waals surface area contributed by atoms with Crippen molar-refractivity contribution in [3.63, 3.8) is 0 Å². The van der Waals surface area contributed by atoms with Gasteiger partial charge in [-0.3, -0.25) is 4.79 Å². The molecule has 1 aliphatic rings. The van der Waals surface area contributed by atoms with E-state index in [2.05, 4.69) is 19.2 Å². The van der Waals surface area contributed by atoms with Gasteiger partial charge in [0.15, 0.2) is 0 Å². The number of rotatable bonds is 7. The van der Waals surface area contributed by atoms with Gasteiger partial charge >= 0.3 is 0 Å².